The van der Waals surface area contributed by atoms with Crippen molar-refractivity contribution in [1.29, 1.82) is 0 Å². The lowest BCUT2D eigenvalue weighted by Crippen LogP contribution is -2.30. The monoisotopic (exact) mass is 1070 g/mol. The van der Waals surface area contributed by atoms with Crippen LogP contribution in [0.5, 0.6) is 0 Å². The number of carbonyl (C=O) groups is 3. The molecule has 0 heterocycles. The van der Waals surface area contributed by atoms with E-state index >= 15 is 0 Å². The Hall–Kier alpha value is -1.85. The van der Waals surface area contributed by atoms with E-state index in [0.29, 0.717) is 19.3 Å². The maximum absolute atomic E-state index is 12.9. The van der Waals surface area contributed by atoms with Gasteiger partial charge in [0.15, 0.2) is 6.10 Å². The number of ether oxygens (including phenoxy) is 3. The lowest BCUT2D eigenvalue weighted by Gasteiger charge is -2.18. The average molecular weight is 1070 g/mol. The van der Waals surface area contributed by atoms with Gasteiger partial charge in [-0.05, 0) is 44.9 Å². The van der Waals surface area contributed by atoms with E-state index in [2.05, 4.69) is 32.9 Å². The van der Waals surface area contributed by atoms with Crippen molar-refractivity contribution in [3.63, 3.8) is 0 Å². The second-order valence-corrected chi connectivity index (χ2v) is 23.8. The quantitative estimate of drug-likeness (QED) is 0.0261. The van der Waals surface area contributed by atoms with Crippen LogP contribution >= 0.6 is 0 Å². The normalized spacial score (nSPS) is 12.0. The lowest BCUT2D eigenvalue weighted by atomic mass is 10.0. The van der Waals surface area contributed by atoms with Crippen molar-refractivity contribution in [2.75, 3.05) is 13.2 Å². The lowest BCUT2D eigenvalue weighted by molar-refractivity contribution is -0.167. The summed E-state index contributed by atoms with van der Waals surface area (Å²) >= 11 is 0. The Morgan fingerprint density at radius 1 is 0.250 bits per heavy atom. The molecule has 6 nitrogen and oxygen atoms in total. The number of hydrogen-bond donors (Lipinski definition) is 0. The summed E-state index contributed by atoms with van der Waals surface area (Å²) < 4.78 is 17.0. The molecule has 0 amide bonds. The van der Waals surface area contributed by atoms with Crippen LogP contribution in [0.4, 0.5) is 0 Å². The molecule has 0 spiro atoms. The minimum absolute atomic E-state index is 0.0656. The molecule has 0 aliphatic rings. The first-order chi connectivity index (χ1) is 37.5. The van der Waals surface area contributed by atoms with Gasteiger partial charge in [-0.2, -0.15) is 0 Å². The highest BCUT2D eigenvalue weighted by Gasteiger charge is 2.19. The molecule has 0 radical (unpaired) electrons. The van der Waals surface area contributed by atoms with E-state index in [1.807, 2.05) is 0 Å². The van der Waals surface area contributed by atoms with Crippen molar-refractivity contribution in [2.45, 2.75) is 406 Å². The third-order valence-corrected chi connectivity index (χ3v) is 16.0. The summed E-state index contributed by atoms with van der Waals surface area (Å²) in [5.74, 6) is -0.839. The molecule has 1 unspecified atom stereocenters. The Kier molecular flexibility index (Phi) is 64.1. The highest BCUT2D eigenvalue weighted by molar-refractivity contribution is 5.71. The van der Waals surface area contributed by atoms with Gasteiger partial charge in [-0.15, -0.1) is 0 Å². The first-order valence-corrected chi connectivity index (χ1v) is 34.7. The van der Waals surface area contributed by atoms with Crippen molar-refractivity contribution in [1.82, 2.24) is 0 Å². The smallest absolute Gasteiger partial charge is 0.306 e. The van der Waals surface area contributed by atoms with Crippen LogP contribution in [0, 0.1) is 0 Å². The third-order valence-electron chi connectivity index (χ3n) is 16.0. The Morgan fingerprint density at radius 2 is 0.434 bits per heavy atom. The van der Waals surface area contributed by atoms with E-state index in [0.717, 1.165) is 64.2 Å². The van der Waals surface area contributed by atoms with Crippen molar-refractivity contribution in [3.8, 4) is 0 Å². The second kappa shape index (κ2) is 65.7. The zero-order valence-electron chi connectivity index (χ0n) is 51.8. The minimum Gasteiger partial charge on any atom is -0.462 e. The molecule has 0 aromatic heterocycles. The molecular formula is C70H134O6. The second-order valence-electron chi connectivity index (χ2n) is 23.8. The van der Waals surface area contributed by atoms with Crippen LogP contribution in [0.3, 0.4) is 0 Å². The highest BCUT2D eigenvalue weighted by Crippen LogP contribution is 2.19. The molecule has 0 saturated heterocycles. The molecule has 6 heteroatoms. The number of allylic oxidation sites excluding steroid dienone is 2. The molecular weight excluding hydrogens is 937 g/mol. The summed E-state index contributed by atoms with van der Waals surface area (Å²) in [5, 5.41) is 0. The number of esters is 3. The van der Waals surface area contributed by atoms with Gasteiger partial charge >= 0.3 is 17.9 Å². The summed E-state index contributed by atoms with van der Waals surface area (Å²) in [6, 6.07) is 0. The predicted octanol–water partition coefficient (Wildman–Crippen LogP) is 23.6. The van der Waals surface area contributed by atoms with E-state index < -0.39 is 6.10 Å². The first-order valence-electron chi connectivity index (χ1n) is 34.7. The Bertz CT molecular complexity index is 1180. The summed E-state index contributed by atoms with van der Waals surface area (Å²) in [7, 11) is 0. The molecule has 450 valence electrons. The highest BCUT2D eigenvalue weighted by atomic mass is 16.6. The Balaban J connectivity index is 4.25. The van der Waals surface area contributed by atoms with E-state index in [1.165, 1.54) is 295 Å². The van der Waals surface area contributed by atoms with E-state index in [1.54, 1.807) is 0 Å². The molecule has 0 aliphatic heterocycles. The van der Waals surface area contributed by atoms with E-state index in [-0.39, 0.29) is 31.1 Å². The predicted molar refractivity (Wildman–Crippen MR) is 330 cm³/mol. The molecule has 1 atom stereocenters. The molecule has 0 aromatic carbocycles. The van der Waals surface area contributed by atoms with Crippen LogP contribution in [0.25, 0.3) is 0 Å². The molecule has 0 rings (SSSR count). The fraction of sp³-hybridized carbons (Fsp3) is 0.929. The standard InChI is InChI=1S/C70H134O6/c1-4-7-10-13-16-19-22-25-28-31-33-34-35-36-37-38-40-42-45-48-51-54-57-60-63-69(72)75-66-67(65-74-68(71)62-59-56-53-50-47-44-41-30-27-24-21-18-15-12-9-6-3)76-70(73)64-61-58-55-52-49-46-43-39-32-29-26-23-20-17-14-11-8-5-2/h30,41,67H,4-29,31-40,42-66H2,1-3H3/b41-30-. The van der Waals surface area contributed by atoms with Crippen LogP contribution in [-0.2, 0) is 28.6 Å². The summed E-state index contributed by atoms with van der Waals surface area (Å²) in [6.07, 6.45) is 78.1. The van der Waals surface area contributed by atoms with Gasteiger partial charge in [0.05, 0.1) is 0 Å². The van der Waals surface area contributed by atoms with Crippen molar-refractivity contribution < 1.29 is 28.6 Å². The topological polar surface area (TPSA) is 78.9 Å². The van der Waals surface area contributed by atoms with E-state index in [4.69, 9.17) is 14.2 Å². The van der Waals surface area contributed by atoms with Gasteiger partial charge < -0.3 is 14.2 Å². The average Bonchev–Trinajstić information content (AvgIpc) is 3.42. The molecule has 0 aromatic rings. The van der Waals surface area contributed by atoms with Gasteiger partial charge in [0.2, 0.25) is 0 Å². The van der Waals surface area contributed by atoms with Gasteiger partial charge in [0.1, 0.15) is 13.2 Å². The fourth-order valence-electron chi connectivity index (χ4n) is 10.8. The van der Waals surface area contributed by atoms with Crippen LogP contribution in [0.2, 0.25) is 0 Å². The van der Waals surface area contributed by atoms with Crippen molar-refractivity contribution >= 4 is 17.9 Å². The van der Waals surface area contributed by atoms with Crippen LogP contribution in [0.1, 0.15) is 400 Å². The van der Waals surface area contributed by atoms with Crippen molar-refractivity contribution in [2.24, 2.45) is 0 Å². The maximum Gasteiger partial charge on any atom is 0.306 e. The SMILES string of the molecule is CCCCCCCCC/C=C\CCCCCCCC(=O)OCC(COC(=O)CCCCCCCCCCCCCCCCCCCCCCCCCC)OC(=O)CCCCCCCCCCCCCCCCCCCC. The van der Waals surface area contributed by atoms with Gasteiger partial charge in [0, 0.05) is 19.3 Å². The number of hydrogen-bond acceptors (Lipinski definition) is 6. The van der Waals surface area contributed by atoms with Gasteiger partial charge in [-0.1, -0.05) is 348 Å². The zero-order valence-corrected chi connectivity index (χ0v) is 51.8. The first kappa shape index (κ1) is 74.2. The molecule has 0 fully saturated rings. The summed E-state index contributed by atoms with van der Waals surface area (Å²) in [4.78, 5) is 38.4. The Labute approximate surface area is 475 Å². The number of rotatable bonds is 65. The van der Waals surface area contributed by atoms with Crippen LogP contribution < -0.4 is 0 Å². The maximum atomic E-state index is 12.9. The molecule has 0 bridgehead atoms. The molecule has 0 N–H and O–H groups in total. The van der Waals surface area contributed by atoms with Crippen LogP contribution in [0.15, 0.2) is 12.2 Å². The number of carbonyl (C=O) groups excluding carboxylic acids is 3. The third kappa shape index (κ3) is 63.0. The minimum atomic E-state index is -0.769. The van der Waals surface area contributed by atoms with Gasteiger partial charge in [-0.25, -0.2) is 0 Å². The molecule has 0 aliphatic carbocycles. The van der Waals surface area contributed by atoms with Gasteiger partial charge in [0.25, 0.3) is 0 Å². The van der Waals surface area contributed by atoms with Crippen molar-refractivity contribution in [3.05, 3.63) is 12.2 Å². The fourth-order valence-corrected chi connectivity index (χ4v) is 10.8. The largest absolute Gasteiger partial charge is 0.462 e. The van der Waals surface area contributed by atoms with Crippen LogP contribution in [-0.4, -0.2) is 37.2 Å². The molecule has 76 heavy (non-hydrogen) atoms. The van der Waals surface area contributed by atoms with E-state index in [9.17, 15) is 14.4 Å². The summed E-state index contributed by atoms with van der Waals surface area (Å²) in [5.41, 5.74) is 0. The van der Waals surface area contributed by atoms with Gasteiger partial charge in [-0.3, -0.25) is 14.4 Å². The summed E-state index contributed by atoms with van der Waals surface area (Å²) in [6.45, 7) is 6.72. The zero-order chi connectivity index (χ0) is 55.0. The molecule has 0 saturated carbocycles. The Morgan fingerprint density at radius 3 is 0.658 bits per heavy atom. The number of unbranched alkanes of at least 4 members (excludes halogenated alkanes) is 52.